The third-order valence-corrected chi connectivity index (χ3v) is 5.54. The van der Waals surface area contributed by atoms with Crippen LogP contribution in [0.3, 0.4) is 0 Å². The van der Waals surface area contributed by atoms with Crippen LogP contribution in [-0.4, -0.2) is 21.9 Å². The summed E-state index contributed by atoms with van der Waals surface area (Å²) in [4.78, 5) is 12.6. The Morgan fingerprint density at radius 2 is 1.77 bits per heavy atom. The molecule has 0 spiro atoms. The Kier molecular flexibility index (Phi) is 6.02. The van der Waals surface area contributed by atoms with Gasteiger partial charge in [-0.2, -0.15) is 5.10 Å². The molecule has 0 unspecified atom stereocenters. The lowest BCUT2D eigenvalue weighted by atomic mass is 10.2. The van der Waals surface area contributed by atoms with E-state index in [-0.39, 0.29) is 12.1 Å². The number of hydrogen-bond acceptors (Lipinski definition) is 3. The van der Waals surface area contributed by atoms with E-state index in [1.165, 1.54) is 12.8 Å². The number of urea groups is 1. The van der Waals surface area contributed by atoms with Gasteiger partial charge in [0.25, 0.3) is 0 Å². The van der Waals surface area contributed by atoms with Crippen LogP contribution in [0.1, 0.15) is 42.6 Å². The third kappa shape index (κ3) is 4.48. The van der Waals surface area contributed by atoms with Crippen molar-refractivity contribution in [1.82, 2.24) is 15.1 Å². The van der Waals surface area contributed by atoms with E-state index in [1.54, 1.807) is 0 Å². The Morgan fingerprint density at radius 3 is 2.53 bits per heavy atom. The van der Waals surface area contributed by atoms with Crippen LogP contribution < -0.4 is 15.4 Å². The first-order valence-electron chi connectivity index (χ1n) is 10.5. The molecule has 6 nitrogen and oxygen atoms in total. The molecule has 30 heavy (non-hydrogen) atoms. The molecule has 1 aliphatic carbocycles. The van der Waals surface area contributed by atoms with Crippen LogP contribution >= 0.6 is 0 Å². The molecule has 0 bridgehead atoms. The molecule has 1 heterocycles. The topological polar surface area (TPSA) is 68.2 Å². The van der Waals surface area contributed by atoms with E-state index in [4.69, 9.17) is 4.74 Å². The van der Waals surface area contributed by atoms with Crippen molar-refractivity contribution in [3.8, 4) is 11.4 Å². The molecule has 1 aromatic heterocycles. The average Bonchev–Trinajstić information content (AvgIpc) is 3.37. The van der Waals surface area contributed by atoms with Crippen molar-refractivity contribution in [2.75, 3.05) is 5.32 Å². The smallest absolute Gasteiger partial charge is 0.319 e. The molecule has 2 aromatic carbocycles. The highest BCUT2D eigenvalue weighted by molar-refractivity contribution is 5.90. The van der Waals surface area contributed by atoms with Crippen LogP contribution in [0.15, 0.2) is 54.6 Å². The molecule has 6 heteroatoms. The van der Waals surface area contributed by atoms with E-state index in [0.717, 1.165) is 46.9 Å². The fraction of sp³-hybridized carbons (Fsp3) is 0.333. The molecular weight excluding hydrogens is 376 g/mol. The van der Waals surface area contributed by atoms with Crippen molar-refractivity contribution in [1.29, 1.82) is 0 Å². The normalized spacial score (nSPS) is 13.9. The molecule has 1 aliphatic rings. The number of anilines is 1. The minimum atomic E-state index is -0.260. The van der Waals surface area contributed by atoms with E-state index in [0.29, 0.717) is 6.54 Å². The predicted octanol–water partition coefficient (Wildman–Crippen LogP) is 5.13. The van der Waals surface area contributed by atoms with Crippen LogP contribution in [0.4, 0.5) is 10.5 Å². The maximum Gasteiger partial charge on any atom is 0.319 e. The van der Waals surface area contributed by atoms with Crippen LogP contribution in [0.5, 0.6) is 5.75 Å². The minimum Gasteiger partial charge on any atom is -0.490 e. The van der Waals surface area contributed by atoms with Crippen LogP contribution in [-0.2, 0) is 6.54 Å². The molecular formula is C24H28N4O2. The number of nitrogens with zero attached hydrogens (tertiary/aromatic N) is 2. The van der Waals surface area contributed by atoms with Gasteiger partial charge in [0, 0.05) is 12.1 Å². The molecule has 3 aromatic rings. The summed E-state index contributed by atoms with van der Waals surface area (Å²) in [5.41, 5.74) is 4.33. The summed E-state index contributed by atoms with van der Waals surface area (Å²) >= 11 is 0. The molecule has 1 saturated carbocycles. The lowest BCUT2D eigenvalue weighted by Crippen LogP contribution is -2.29. The molecule has 4 rings (SSSR count). The van der Waals surface area contributed by atoms with Gasteiger partial charge in [-0.15, -0.1) is 0 Å². The number of aryl methyl sites for hydroxylation is 1. The molecule has 0 radical (unpaired) electrons. The van der Waals surface area contributed by atoms with Gasteiger partial charge in [-0.1, -0.05) is 36.4 Å². The summed E-state index contributed by atoms with van der Waals surface area (Å²) in [6.45, 7) is 4.25. The molecule has 2 amide bonds. The van der Waals surface area contributed by atoms with Crippen molar-refractivity contribution in [3.05, 3.63) is 71.5 Å². The maximum absolute atomic E-state index is 12.6. The SMILES string of the molecule is Cc1nn(-c2ccccc2)c(C)c1NC(=O)NCc1ccccc1OC1CCCC1. The summed E-state index contributed by atoms with van der Waals surface area (Å²) in [5.74, 6) is 0.856. The van der Waals surface area contributed by atoms with E-state index in [2.05, 4.69) is 15.7 Å². The second-order valence-corrected chi connectivity index (χ2v) is 7.73. The first-order valence-corrected chi connectivity index (χ1v) is 10.5. The molecule has 0 saturated heterocycles. The molecule has 156 valence electrons. The molecule has 1 fully saturated rings. The minimum absolute atomic E-state index is 0.260. The summed E-state index contributed by atoms with van der Waals surface area (Å²) in [7, 11) is 0. The molecule has 0 aliphatic heterocycles. The van der Waals surface area contributed by atoms with Crippen molar-refractivity contribution in [3.63, 3.8) is 0 Å². The highest BCUT2D eigenvalue weighted by Crippen LogP contribution is 2.27. The van der Waals surface area contributed by atoms with Crippen molar-refractivity contribution >= 4 is 11.7 Å². The van der Waals surface area contributed by atoms with Gasteiger partial charge < -0.3 is 15.4 Å². The molecule has 0 atom stereocenters. The van der Waals surface area contributed by atoms with Crippen LogP contribution in [0, 0.1) is 13.8 Å². The molecule has 2 N–H and O–H groups in total. The third-order valence-electron chi connectivity index (χ3n) is 5.54. The van der Waals surface area contributed by atoms with Gasteiger partial charge in [-0.25, -0.2) is 9.48 Å². The first-order chi connectivity index (χ1) is 14.6. The summed E-state index contributed by atoms with van der Waals surface area (Å²) in [5, 5.41) is 10.5. The number of para-hydroxylation sites is 2. The largest absolute Gasteiger partial charge is 0.490 e. The van der Waals surface area contributed by atoms with Crippen LogP contribution in [0.2, 0.25) is 0 Å². The lowest BCUT2D eigenvalue weighted by molar-refractivity contribution is 0.207. The lowest BCUT2D eigenvalue weighted by Gasteiger charge is -2.17. The van der Waals surface area contributed by atoms with Gasteiger partial charge in [0.1, 0.15) is 5.75 Å². The zero-order valence-corrected chi connectivity index (χ0v) is 17.5. The number of hydrogen-bond donors (Lipinski definition) is 2. The van der Waals surface area contributed by atoms with Crippen LogP contribution in [0.25, 0.3) is 5.69 Å². The van der Waals surface area contributed by atoms with E-state index in [9.17, 15) is 4.79 Å². The number of amides is 2. The predicted molar refractivity (Wildman–Crippen MR) is 118 cm³/mol. The average molecular weight is 405 g/mol. The summed E-state index contributed by atoms with van der Waals surface area (Å²) in [6, 6.07) is 17.5. The zero-order chi connectivity index (χ0) is 20.9. The second-order valence-electron chi connectivity index (χ2n) is 7.73. The van der Waals surface area contributed by atoms with Gasteiger partial charge in [-0.3, -0.25) is 0 Å². The standard InChI is InChI=1S/C24H28N4O2/c1-17-23(18(2)28(27-17)20-11-4-3-5-12-20)26-24(29)25-16-19-10-6-9-15-22(19)30-21-13-7-8-14-21/h3-6,9-12,15,21H,7-8,13-14,16H2,1-2H3,(H2,25,26,29). The summed E-state index contributed by atoms with van der Waals surface area (Å²) in [6.07, 6.45) is 4.94. The number of ether oxygens (including phenoxy) is 1. The number of aromatic nitrogens is 2. The van der Waals surface area contributed by atoms with Gasteiger partial charge in [-0.05, 0) is 57.7 Å². The number of carbonyl (C=O) groups excluding carboxylic acids is 1. The first kappa shape index (κ1) is 20.0. The quantitative estimate of drug-likeness (QED) is 0.598. The number of nitrogens with one attached hydrogen (secondary N) is 2. The van der Waals surface area contributed by atoms with E-state index >= 15 is 0 Å². The Morgan fingerprint density at radius 1 is 1.07 bits per heavy atom. The maximum atomic E-state index is 12.6. The van der Waals surface area contributed by atoms with Gasteiger partial charge in [0.05, 0.1) is 28.9 Å². The van der Waals surface area contributed by atoms with Crippen molar-refractivity contribution in [2.24, 2.45) is 0 Å². The summed E-state index contributed by atoms with van der Waals surface area (Å²) < 4.78 is 8.01. The number of carbonyl (C=O) groups is 1. The fourth-order valence-electron chi connectivity index (χ4n) is 3.93. The van der Waals surface area contributed by atoms with Gasteiger partial charge >= 0.3 is 6.03 Å². The van der Waals surface area contributed by atoms with E-state index in [1.807, 2.05) is 73.1 Å². The Labute approximate surface area is 177 Å². The van der Waals surface area contributed by atoms with Crippen molar-refractivity contribution in [2.45, 2.75) is 52.2 Å². The number of benzene rings is 2. The van der Waals surface area contributed by atoms with Crippen molar-refractivity contribution < 1.29 is 9.53 Å². The Balaban J connectivity index is 1.41. The zero-order valence-electron chi connectivity index (χ0n) is 17.5. The fourth-order valence-corrected chi connectivity index (χ4v) is 3.93. The van der Waals surface area contributed by atoms with E-state index < -0.39 is 0 Å². The highest BCUT2D eigenvalue weighted by Gasteiger charge is 2.18. The van der Waals surface area contributed by atoms with Gasteiger partial charge in [0.2, 0.25) is 0 Å². The Hall–Kier alpha value is -3.28. The number of rotatable bonds is 6. The highest BCUT2D eigenvalue weighted by atomic mass is 16.5. The Bertz CT molecular complexity index is 1010. The second kappa shape index (κ2) is 9.03. The monoisotopic (exact) mass is 404 g/mol. The van der Waals surface area contributed by atoms with Gasteiger partial charge in [0.15, 0.2) is 0 Å².